The van der Waals surface area contributed by atoms with Crippen LogP contribution < -0.4 is 4.72 Å². The van der Waals surface area contributed by atoms with Crippen molar-refractivity contribution in [3.63, 3.8) is 0 Å². The van der Waals surface area contributed by atoms with Crippen molar-refractivity contribution in [3.05, 3.63) is 52.3 Å². The van der Waals surface area contributed by atoms with E-state index in [4.69, 9.17) is 9.47 Å². The highest BCUT2D eigenvalue weighted by molar-refractivity contribution is 7.89. The molecular weight excluding hydrogens is 424 g/mol. The maximum atomic E-state index is 12.8. The molecule has 1 heterocycles. The van der Waals surface area contributed by atoms with E-state index >= 15 is 0 Å². The van der Waals surface area contributed by atoms with Gasteiger partial charge in [0, 0.05) is 12.2 Å². The van der Waals surface area contributed by atoms with Crippen molar-refractivity contribution in [1.82, 2.24) is 9.71 Å². The van der Waals surface area contributed by atoms with E-state index in [0.717, 1.165) is 0 Å². The minimum atomic E-state index is -3.76. The Kier molecular flexibility index (Phi) is 7.75. The molecule has 0 fully saturated rings. The lowest BCUT2D eigenvalue weighted by molar-refractivity contribution is 0.0316. The third kappa shape index (κ3) is 5.39. The molecule has 0 saturated carbocycles. The number of aryl methyl sites for hydroxylation is 1. The number of hydrogen-bond donors (Lipinski definition) is 2. The lowest BCUT2D eigenvalue weighted by atomic mass is 10.1. The summed E-state index contributed by atoms with van der Waals surface area (Å²) < 4.78 is 37.0. The molecule has 0 aliphatic heterocycles. The standard InChI is InChI=1S/C21H26N2O7S/c1-6-10-22-31(27,28)16-9-7-8-15(11-16)20(25)30-14(4)19(24)18-12(2)17(13(3)23-18)21(26)29-5/h7-9,11,14,22-23H,6,10H2,1-5H3/t14-/m1/s1. The molecule has 2 aromatic rings. The molecule has 0 aliphatic carbocycles. The van der Waals surface area contributed by atoms with E-state index in [9.17, 15) is 22.8 Å². The summed E-state index contributed by atoms with van der Waals surface area (Å²) in [6.07, 6.45) is -0.552. The summed E-state index contributed by atoms with van der Waals surface area (Å²) in [5, 5.41) is 0. The number of benzene rings is 1. The van der Waals surface area contributed by atoms with Gasteiger partial charge in [0.2, 0.25) is 15.8 Å². The summed E-state index contributed by atoms with van der Waals surface area (Å²) in [6.45, 7) is 6.72. The summed E-state index contributed by atoms with van der Waals surface area (Å²) in [7, 11) is -2.52. The van der Waals surface area contributed by atoms with E-state index in [2.05, 4.69) is 9.71 Å². The van der Waals surface area contributed by atoms with Gasteiger partial charge in [-0.05, 0) is 51.0 Å². The lowest BCUT2D eigenvalue weighted by Crippen LogP contribution is -2.26. The topological polar surface area (TPSA) is 132 Å². The SMILES string of the molecule is CCCNS(=O)(=O)c1cccc(C(=O)O[C@H](C)C(=O)c2[nH]c(C)c(C(=O)OC)c2C)c1. The number of methoxy groups -OCH3 is 1. The maximum absolute atomic E-state index is 12.8. The van der Waals surface area contributed by atoms with Crippen molar-refractivity contribution in [2.24, 2.45) is 0 Å². The van der Waals surface area contributed by atoms with Crippen LogP contribution >= 0.6 is 0 Å². The number of nitrogens with one attached hydrogen (secondary N) is 2. The van der Waals surface area contributed by atoms with E-state index in [-0.39, 0.29) is 28.3 Å². The Labute approximate surface area is 181 Å². The van der Waals surface area contributed by atoms with Gasteiger partial charge in [-0.15, -0.1) is 0 Å². The molecule has 0 amide bonds. The zero-order valence-electron chi connectivity index (χ0n) is 18.1. The number of rotatable bonds is 9. The number of aromatic amines is 1. The molecule has 0 spiro atoms. The van der Waals surface area contributed by atoms with E-state index < -0.39 is 33.8 Å². The van der Waals surface area contributed by atoms with Crippen molar-refractivity contribution in [3.8, 4) is 0 Å². The first-order valence-corrected chi connectivity index (χ1v) is 11.1. The molecule has 10 heteroatoms. The van der Waals surface area contributed by atoms with Crippen LogP contribution in [0, 0.1) is 13.8 Å². The second-order valence-corrected chi connectivity index (χ2v) is 8.72. The molecule has 9 nitrogen and oxygen atoms in total. The number of H-pyrrole nitrogens is 1. The lowest BCUT2D eigenvalue weighted by Gasteiger charge is -2.13. The number of carbonyl (C=O) groups excluding carboxylic acids is 3. The minimum absolute atomic E-state index is 0.00587. The van der Waals surface area contributed by atoms with Crippen LogP contribution in [0.15, 0.2) is 29.2 Å². The van der Waals surface area contributed by atoms with Gasteiger partial charge in [0.15, 0.2) is 6.10 Å². The van der Waals surface area contributed by atoms with Crippen molar-refractivity contribution in [2.75, 3.05) is 13.7 Å². The van der Waals surface area contributed by atoms with Gasteiger partial charge in [0.05, 0.1) is 28.8 Å². The minimum Gasteiger partial charge on any atom is -0.465 e. The molecule has 1 aromatic heterocycles. The van der Waals surface area contributed by atoms with Crippen molar-refractivity contribution >= 4 is 27.7 Å². The normalized spacial score (nSPS) is 12.3. The summed E-state index contributed by atoms with van der Waals surface area (Å²) in [5.74, 6) is -1.95. The summed E-state index contributed by atoms with van der Waals surface area (Å²) in [5.41, 5.74) is 1.24. The number of hydrogen-bond acceptors (Lipinski definition) is 7. The van der Waals surface area contributed by atoms with Gasteiger partial charge >= 0.3 is 11.9 Å². The molecule has 1 aromatic carbocycles. The predicted octanol–water partition coefficient (Wildman–Crippen LogP) is 2.53. The third-order valence-electron chi connectivity index (χ3n) is 4.65. The second kappa shape index (κ2) is 9.88. The maximum Gasteiger partial charge on any atom is 0.339 e. The quantitative estimate of drug-likeness (QED) is 0.443. The van der Waals surface area contributed by atoms with E-state index in [1.54, 1.807) is 13.8 Å². The first kappa shape index (κ1) is 24.3. The average Bonchev–Trinajstić information content (AvgIpc) is 3.05. The Balaban J connectivity index is 2.21. The molecule has 0 saturated heterocycles. The summed E-state index contributed by atoms with van der Waals surface area (Å²) in [4.78, 5) is 40.0. The molecule has 2 N–H and O–H groups in total. The van der Waals surface area contributed by atoms with E-state index in [0.29, 0.717) is 17.7 Å². The molecule has 0 radical (unpaired) electrons. The summed E-state index contributed by atoms with van der Waals surface area (Å²) >= 11 is 0. The van der Waals surface area contributed by atoms with Crippen molar-refractivity contribution in [1.29, 1.82) is 0 Å². The number of carbonyl (C=O) groups is 3. The number of esters is 2. The smallest absolute Gasteiger partial charge is 0.339 e. The van der Waals surface area contributed by atoms with Crippen LogP contribution in [0.5, 0.6) is 0 Å². The molecule has 0 aliphatic rings. The number of Topliss-reactive ketones (excluding diaryl/α,β-unsaturated/α-hetero) is 1. The van der Waals surface area contributed by atoms with Crippen LogP contribution in [0.1, 0.15) is 62.7 Å². The Morgan fingerprint density at radius 3 is 2.45 bits per heavy atom. The third-order valence-corrected chi connectivity index (χ3v) is 6.11. The highest BCUT2D eigenvalue weighted by Gasteiger charge is 2.28. The van der Waals surface area contributed by atoms with Crippen LogP contribution in [-0.4, -0.2) is 50.9 Å². The van der Waals surface area contributed by atoms with Crippen LogP contribution in [0.25, 0.3) is 0 Å². The van der Waals surface area contributed by atoms with Crippen molar-refractivity contribution < 1.29 is 32.3 Å². The number of aromatic nitrogens is 1. The van der Waals surface area contributed by atoms with E-state index in [1.165, 1.54) is 38.3 Å². The highest BCUT2D eigenvalue weighted by Crippen LogP contribution is 2.21. The van der Waals surface area contributed by atoms with Gasteiger partial charge < -0.3 is 14.5 Å². The molecule has 31 heavy (non-hydrogen) atoms. The predicted molar refractivity (Wildman–Crippen MR) is 113 cm³/mol. The monoisotopic (exact) mass is 450 g/mol. The van der Waals surface area contributed by atoms with Gasteiger partial charge in [0.1, 0.15) is 0 Å². The Hall–Kier alpha value is -2.98. The Morgan fingerprint density at radius 2 is 1.84 bits per heavy atom. The average molecular weight is 451 g/mol. The molecule has 0 unspecified atom stereocenters. The Morgan fingerprint density at radius 1 is 1.16 bits per heavy atom. The Bertz CT molecular complexity index is 1100. The molecule has 168 valence electrons. The van der Waals surface area contributed by atoms with Gasteiger partial charge in [0.25, 0.3) is 0 Å². The van der Waals surface area contributed by atoms with Gasteiger partial charge in [-0.1, -0.05) is 13.0 Å². The molecule has 1 atom stereocenters. The largest absolute Gasteiger partial charge is 0.465 e. The summed E-state index contributed by atoms with van der Waals surface area (Å²) in [6, 6.07) is 5.38. The fourth-order valence-corrected chi connectivity index (χ4v) is 4.18. The van der Waals surface area contributed by atoms with Crippen molar-refractivity contribution in [2.45, 2.75) is 45.1 Å². The van der Waals surface area contributed by atoms with Crippen LogP contribution in [0.3, 0.4) is 0 Å². The highest BCUT2D eigenvalue weighted by atomic mass is 32.2. The van der Waals surface area contributed by atoms with Crippen LogP contribution in [-0.2, 0) is 19.5 Å². The first-order chi connectivity index (χ1) is 14.5. The van der Waals surface area contributed by atoms with Crippen LogP contribution in [0.2, 0.25) is 0 Å². The first-order valence-electron chi connectivity index (χ1n) is 9.65. The molecule has 0 bridgehead atoms. The van der Waals surface area contributed by atoms with Gasteiger partial charge in [-0.25, -0.2) is 22.7 Å². The fraction of sp³-hybridized carbons (Fsp3) is 0.381. The van der Waals surface area contributed by atoms with E-state index in [1.807, 2.05) is 6.92 Å². The zero-order valence-corrected chi connectivity index (χ0v) is 18.9. The fourth-order valence-electron chi connectivity index (χ4n) is 3.00. The number of ether oxygens (including phenoxy) is 2. The molecule has 2 rings (SSSR count). The van der Waals surface area contributed by atoms with Crippen LogP contribution in [0.4, 0.5) is 0 Å². The van der Waals surface area contributed by atoms with Gasteiger partial charge in [-0.3, -0.25) is 4.79 Å². The van der Waals surface area contributed by atoms with Gasteiger partial charge in [-0.2, -0.15) is 0 Å². The number of sulfonamides is 1. The number of ketones is 1. The molecular formula is C21H26N2O7S. The second-order valence-electron chi connectivity index (χ2n) is 6.95. The zero-order chi connectivity index (χ0) is 23.3.